The Bertz CT molecular complexity index is 824. The summed E-state index contributed by atoms with van der Waals surface area (Å²) in [7, 11) is -3.72. The third-order valence-electron chi connectivity index (χ3n) is 2.76. The minimum atomic E-state index is -3.72. The van der Waals surface area contributed by atoms with Crippen molar-refractivity contribution in [3.63, 3.8) is 0 Å². The second kappa shape index (κ2) is 6.06. The van der Waals surface area contributed by atoms with Gasteiger partial charge in [0.1, 0.15) is 5.58 Å². The summed E-state index contributed by atoms with van der Waals surface area (Å²) in [4.78, 5) is 21.4. The van der Waals surface area contributed by atoms with Gasteiger partial charge in [-0.15, -0.1) is 0 Å². The Hall–Kier alpha value is -2.19. The summed E-state index contributed by atoms with van der Waals surface area (Å²) in [5, 5.41) is 8.98. The lowest BCUT2D eigenvalue weighted by atomic mass is 10.2. The molecule has 0 saturated heterocycles. The van der Waals surface area contributed by atoms with Gasteiger partial charge in [0.05, 0.1) is 4.90 Å². The largest absolute Gasteiger partial charge is 0.481 e. The van der Waals surface area contributed by atoms with Gasteiger partial charge in [0.2, 0.25) is 10.0 Å². The van der Waals surface area contributed by atoms with E-state index < -0.39 is 21.6 Å². The maximum Gasteiger partial charge on any atom is 0.336 e. The monoisotopic (exact) mass is 311 g/mol. The zero-order valence-electron chi connectivity index (χ0n) is 10.9. The van der Waals surface area contributed by atoms with Crippen LogP contribution in [0.5, 0.6) is 0 Å². The van der Waals surface area contributed by atoms with Crippen molar-refractivity contribution in [1.29, 1.82) is 0 Å². The smallest absolute Gasteiger partial charge is 0.336 e. The van der Waals surface area contributed by atoms with Crippen molar-refractivity contribution in [3.8, 4) is 0 Å². The molecule has 0 aliphatic heterocycles. The van der Waals surface area contributed by atoms with Gasteiger partial charge in [-0.3, -0.25) is 4.79 Å². The number of fused-ring (bicyclic) bond motifs is 1. The number of carbonyl (C=O) groups is 1. The predicted octanol–water partition coefficient (Wildman–Crippen LogP) is 0.936. The van der Waals surface area contributed by atoms with E-state index in [0.29, 0.717) is 11.0 Å². The Morgan fingerprint density at radius 3 is 2.71 bits per heavy atom. The molecule has 0 amide bonds. The van der Waals surface area contributed by atoms with Gasteiger partial charge in [0, 0.05) is 24.4 Å². The number of carboxylic acids is 1. The molecule has 0 aliphatic rings. The molecule has 1 aromatic heterocycles. The van der Waals surface area contributed by atoms with Crippen LogP contribution in [0.15, 0.2) is 44.4 Å². The number of sulfonamides is 1. The molecule has 112 valence electrons. The zero-order chi connectivity index (χ0) is 15.5. The van der Waals surface area contributed by atoms with Crippen molar-refractivity contribution in [2.45, 2.75) is 17.7 Å². The van der Waals surface area contributed by atoms with E-state index >= 15 is 0 Å². The lowest BCUT2D eigenvalue weighted by Gasteiger charge is -2.06. The molecule has 0 bridgehead atoms. The standard InChI is InChI=1S/C13H13NO6S/c15-12(16)2-1-7-14-21(18,19)10-4-5-11-9(8-10)3-6-13(17)20-11/h3-6,8,14H,1-2,7H2,(H,15,16). The highest BCUT2D eigenvalue weighted by Gasteiger charge is 2.14. The molecule has 2 aromatic rings. The number of rotatable bonds is 6. The molecule has 7 nitrogen and oxygen atoms in total. The van der Waals surface area contributed by atoms with Crippen LogP contribution in [-0.2, 0) is 14.8 Å². The molecule has 8 heteroatoms. The normalized spacial score (nSPS) is 11.6. The maximum atomic E-state index is 12.0. The highest BCUT2D eigenvalue weighted by Crippen LogP contribution is 2.17. The van der Waals surface area contributed by atoms with Crippen LogP contribution >= 0.6 is 0 Å². The lowest BCUT2D eigenvalue weighted by molar-refractivity contribution is -0.137. The van der Waals surface area contributed by atoms with Gasteiger partial charge in [-0.05, 0) is 30.7 Å². The summed E-state index contributed by atoms with van der Waals surface area (Å²) >= 11 is 0. The Balaban J connectivity index is 2.18. The molecule has 0 saturated carbocycles. The predicted molar refractivity (Wildman–Crippen MR) is 74.5 cm³/mol. The van der Waals surface area contributed by atoms with E-state index in [0.717, 1.165) is 0 Å². The molecule has 0 aliphatic carbocycles. The Morgan fingerprint density at radius 2 is 2.00 bits per heavy atom. The third kappa shape index (κ3) is 3.89. The van der Waals surface area contributed by atoms with Gasteiger partial charge < -0.3 is 9.52 Å². The average Bonchev–Trinajstić information content (AvgIpc) is 2.43. The van der Waals surface area contributed by atoms with Crippen molar-refractivity contribution in [2.24, 2.45) is 0 Å². The fraction of sp³-hybridized carbons (Fsp3) is 0.231. The molecule has 0 radical (unpaired) electrons. The maximum absolute atomic E-state index is 12.0. The summed E-state index contributed by atoms with van der Waals surface area (Å²) in [6.07, 6.45) is 0.0996. The van der Waals surface area contributed by atoms with Gasteiger partial charge >= 0.3 is 11.6 Å². The summed E-state index contributed by atoms with van der Waals surface area (Å²) in [5.74, 6) is -0.977. The van der Waals surface area contributed by atoms with Crippen LogP contribution < -0.4 is 10.3 Å². The summed E-state index contributed by atoms with van der Waals surface area (Å²) in [6, 6.07) is 6.80. The summed E-state index contributed by atoms with van der Waals surface area (Å²) in [6.45, 7) is 0.0382. The van der Waals surface area contributed by atoms with E-state index in [1.54, 1.807) is 0 Å². The van der Waals surface area contributed by atoms with Crippen molar-refractivity contribution in [3.05, 3.63) is 40.8 Å². The van der Waals surface area contributed by atoms with Crippen LogP contribution in [0.4, 0.5) is 0 Å². The van der Waals surface area contributed by atoms with Crippen molar-refractivity contribution in [1.82, 2.24) is 4.72 Å². The minimum absolute atomic E-state index is 0.0270. The van der Waals surface area contributed by atoms with Gasteiger partial charge in [-0.1, -0.05) is 0 Å². The molecule has 2 rings (SSSR count). The lowest BCUT2D eigenvalue weighted by Crippen LogP contribution is -2.25. The van der Waals surface area contributed by atoms with Crippen LogP contribution in [0.3, 0.4) is 0 Å². The number of aliphatic carboxylic acids is 1. The number of carboxylic acid groups (broad SMARTS) is 1. The highest BCUT2D eigenvalue weighted by molar-refractivity contribution is 7.89. The van der Waals surface area contributed by atoms with Crippen molar-refractivity contribution in [2.75, 3.05) is 6.54 Å². The van der Waals surface area contributed by atoms with Gasteiger partial charge in [0.25, 0.3) is 0 Å². The van der Waals surface area contributed by atoms with Gasteiger partial charge in [-0.2, -0.15) is 0 Å². The molecule has 1 aromatic carbocycles. The molecule has 0 atom stereocenters. The van der Waals surface area contributed by atoms with E-state index in [4.69, 9.17) is 9.52 Å². The molecule has 0 unspecified atom stereocenters. The molecule has 1 heterocycles. The van der Waals surface area contributed by atoms with E-state index in [9.17, 15) is 18.0 Å². The number of benzene rings is 1. The summed E-state index contributed by atoms with van der Waals surface area (Å²) in [5.41, 5.74) is -0.211. The Morgan fingerprint density at radius 1 is 1.24 bits per heavy atom. The molecule has 2 N–H and O–H groups in total. The van der Waals surface area contributed by atoms with Gasteiger partial charge in [-0.25, -0.2) is 17.9 Å². The molecule has 21 heavy (non-hydrogen) atoms. The molecular formula is C13H13NO6S. The number of nitrogens with one attached hydrogen (secondary N) is 1. The van der Waals surface area contributed by atoms with E-state index in [2.05, 4.69) is 4.72 Å². The number of hydrogen-bond acceptors (Lipinski definition) is 5. The average molecular weight is 311 g/mol. The first kappa shape index (κ1) is 15.2. The second-order valence-corrected chi connectivity index (χ2v) is 6.12. The quantitative estimate of drug-likeness (QED) is 0.606. The van der Waals surface area contributed by atoms with Crippen LogP contribution in [-0.4, -0.2) is 26.0 Å². The first-order valence-electron chi connectivity index (χ1n) is 6.14. The van der Waals surface area contributed by atoms with Crippen LogP contribution in [0.25, 0.3) is 11.0 Å². The molecular weight excluding hydrogens is 298 g/mol. The number of hydrogen-bond donors (Lipinski definition) is 2. The van der Waals surface area contributed by atoms with E-state index in [-0.39, 0.29) is 24.3 Å². The molecule has 0 fully saturated rings. The SMILES string of the molecule is O=C(O)CCCNS(=O)(=O)c1ccc2oc(=O)ccc2c1. The van der Waals surface area contributed by atoms with E-state index in [1.807, 2.05) is 0 Å². The highest BCUT2D eigenvalue weighted by atomic mass is 32.2. The van der Waals surface area contributed by atoms with Crippen molar-refractivity contribution >= 4 is 27.0 Å². The minimum Gasteiger partial charge on any atom is -0.481 e. The van der Waals surface area contributed by atoms with Crippen molar-refractivity contribution < 1.29 is 22.7 Å². The first-order valence-corrected chi connectivity index (χ1v) is 7.62. The fourth-order valence-corrected chi connectivity index (χ4v) is 2.86. The van der Waals surface area contributed by atoms with Crippen LogP contribution in [0, 0.1) is 0 Å². The Kier molecular flexibility index (Phi) is 4.39. The first-order chi connectivity index (χ1) is 9.88. The topological polar surface area (TPSA) is 114 Å². The van der Waals surface area contributed by atoms with E-state index in [1.165, 1.54) is 30.3 Å². The fourth-order valence-electron chi connectivity index (χ4n) is 1.75. The van der Waals surface area contributed by atoms with Gasteiger partial charge in [0.15, 0.2) is 0 Å². The second-order valence-electron chi connectivity index (χ2n) is 4.35. The third-order valence-corrected chi connectivity index (χ3v) is 4.22. The molecule has 0 spiro atoms. The van der Waals surface area contributed by atoms with Crippen LogP contribution in [0.2, 0.25) is 0 Å². The van der Waals surface area contributed by atoms with Crippen LogP contribution in [0.1, 0.15) is 12.8 Å². The summed E-state index contributed by atoms with van der Waals surface area (Å²) < 4.78 is 31.3. The Labute approximate surface area is 120 Å². The zero-order valence-corrected chi connectivity index (χ0v) is 11.7.